The molecule has 2 aromatic rings. The van der Waals surface area contributed by atoms with Gasteiger partial charge in [-0.3, -0.25) is 19.4 Å². The average Bonchev–Trinajstić information content (AvgIpc) is 2.67. The summed E-state index contributed by atoms with van der Waals surface area (Å²) in [5, 5.41) is 5.60. The number of benzene rings is 1. The van der Waals surface area contributed by atoms with E-state index in [2.05, 4.69) is 10.4 Å². The lowest BCUT2D eigenvalue weighted by atomic mass is 10.1. The molecule has 0 saturated heterocycles. The van der Waals surface area contributed by atoms with E-state index in [9.17, 15) is 9.59 Å². The predicted molar refractivity (Wildman–Crippen MR) is 68.4 cm³/mol. The quantitative estimate of drug-likeness (QED) is 0.845. The summed E-state index contributed by atoms with van der Waals surface area (Å²) < 4.78 is 1.37. The van der Waals surface area contributed by atoms with Crippen LogP contribution in [0.25, 0.3) is 0 Å². The van der Waals surface area contributed by atoms with Gasteiger partial charge in [-0.1, -0.05) is 17.7 Å². The molecule has 1 aromatic heterocycles. The molecule has 0 aliphatic carbocycles. The van der Waals surface area contributed by atoms with Gasteiger partial charge in [-0.05, 0) is 19.1 Å². The third kappa shape index (κ3) is 2.68. The molecule has 1 amide bonds. The molecule has 2 rings (SSSR count). The van der Waals surface area contributed by atoms with Crippen molar-refractivity contribution in [3.05, 3.63) is 57.5 Å². The lowest BCUT2D eigenvalue weighted by Gasteiger charge is -2.04. The first kappa shape index (κ1) is 12.2. The maximum atomic E-state index is 11.8. The predicted octanol–water partition coefficient (Wildman–Crippen LogP) is 0.952. The number of nitrogens with zero attached hydrogens (tertiary/aromatic N) is 1. The number of aromatic nitrogens is 2. The normalized spacial score (nSPS) is 10.3. The fourth-order valence-electron chi connectivity index (χ4n) is 1.62. The summed E-state index contributed by atoms with van der Waals surface area (Å²) in [5.74, 6) is -0.153. The molecule has 18 heavy (non-hydrogen) atoms. The lowest BCUT2D eigenvalue weighted by molar-refractivity contribution is 0.0950. The Bertz CT molecular complexity index is 608. The van der Waals surface area contributed by atoms with Crippen LogP contribution < -0.4 is 10.9 Å². The van der Waals surface area contributed by atoms with Crippen molar-refractivity contribution in [2.45, 2.75) is 13.5 Å². The van der Waals surface area contributed by atoms with E-state index in [4.69, 9.17) is 0 Å². The molecule has 1 aromatic carbocycles. The molecular weight excluding hydrogens is 230 g/mol. The number of carbonyl (C=O) groups is 1. The van der Waals surface area contributed by atoms with Crippen LogP contribution in [0.4, 0.5) is 0 Å². The highest BCUT2D eigenvalue weighted by Gasteiger charge is 2.06. The maximum Gasteiger partial charge on any atom is 0.266 e. The Morgan fingerprint density at radius 1 is 1.33 bits per heavy atom. The van der Waals surface area contributed by atoms with Gasteiger partial charge < -0.3 is 5.32 Å². The molecule has 0 radical (unpaired) electrons. The summed E-state index contributed by atoms with van der Waals surface area (Å²) in [7, 11) is 1.63. The van der Waals surface area contributed by atoms with Gasteiger partial charge in [0, 0.05) is 18.7 Å². The fraction of sp³-hybridized carbons (Fsp3) is 0.231. The minimum Gasteiger partial charge on any atom is -0.346 e. The minimum absolute atomic E-state index is 0.116. The van der Waals surface area contributed by atoms with Crippen LogP contribution in [0.15, 0.2) is 35.1 Å². The summed E-state index contributed by atoms with van der Waals surface area (Å²) in [5.41, 5.74) is 2.29. The van der Waals surface area contributed by atoms with E-state index in [1.54, 1.807) is 19.2 Å². The highest BCUT2D eigenvalue weighted by atomic mass is 16.1. The zero-order valence-electron chi connectivity index (χ0n) is 10.4. The maximum absolute atomic E-state index is 11.8. The van der Waals surface area contributed by atoms with Gasteiger partial charge in [0.25, 0.3) is 11.5 Å². The molecule has 0 fully saturated rings. The number of carbonyl (C=O) groups excluding carboxylic acids is 1. The van der Waals surface area contributed by atoms with Gasteiger partial charge in [0.05, 0.1) is 12.2 Å². The average molecular weight is 245 g/mol. The zero-order chi connectivity index (χ0) is 13.1. The topological polar surface area (TPSA) is 66.9 Å². The number of hydrogen-bond donors (Lipinski definition) is 2. The van der Waals surface area contributed by atoms with Crippen molar-refractivity contribution < 1.29 is 4.79 Å². The van der Waals surface area contributed by atoms with Crippen molar-refractivity contribution in [3.63, 3.8) is 0 Å². The van der Waals surface area contributed by atoms with Gasteiger partial charge in [-0.2, -0.15) is 0 Å². The SMILES string of the molecule is Cc1ccc(C(=O)NCc2cc(=O)n(C)[nH]2)cc1. The van der Waals surface area contributed by atoms with E-state index in [0.29, 0.717) is 17.8 Å². The number of amides is 1. The van der Waals surface area contributed by atoms with Gasteiger partial charge in [0.1, 0.15) is 0 Å². The van der Waals surface area contributed by atoms with Crippen LogP contribution in [0.3, 0.4) is 0 Å². The van der Waals surface area contributed by atoms with Crippen LogP contribution in [0.1, 0.15) is 21.6 Å². The molecule has 0 atom stereocenters. The molecular formula is C13H15N3O2. The van der Waals surface area contributed by atoms with E-state index in [1.165, 1.54) is 10.7 Å². The molecule has 0 bridgehead atoms. The third-order valence-electron chi connectivity index (χ3n) is 2.69. The summed E-state index contributed by atoms with van der Waals surface area (Å²) in [6, 6.07) is 8.80. The molecule has 5 heteroatoms. The summed E-state index contributed by atoms with van der Waals surface area (Å²) >= 11 is 0. The molecule has 2 N–H and O–H groups in total. The number of nitrogens with one attached hydrogen (secondary N) is 2. The van der Waals surface area contributed by atoms with Crippen molar-refractivity contribution in [2.24, 2.45) is 7.05 Å². The molecule has 0 aliphatic heterocycles. The first-order chi connectivity index (χ1) is 8.56. The Kier molecular flexibility index (Phi) is 3.32. The minimum atomic E-state index is -0.153. The van der Waals surface area contributed by atoms with E-state index in [1.807, 2.05) is 19.1 Å². The van der Waals surface area contributed by atoms with Crippen LogP contribution in [0.5, 0.6) is 0 Å². The van der Waals surface area contributed by atoms with Crippen LogP contribution in [0, 0.1) is 6.92 Å². The Morgan fingerprint density at radius 2 is 2.00 bits per heavy atom. The Hall–Kier alpha value is -2.30. The zero-order valence-corrected chi connectivity index (χ0v) is 10.4. The van der Waals surface area contributed by atoms with E-state index >= 15 is 0 Å². The van der Waals surface area contributed by atoms with E-state index in [-0.39, 0.29) is 11.5 Å². The van der Waals surface area contributed by atoms with Crippen LogP contribution in [-0.2, 0) is 13.6 Å². The van der Waals surface area contributed by atoms with Gasteiger partial charge >= 0.3 is 0 Å². The summed E-state index contributed by atoms with van der Waals surface area (Å²) in [6.07, 6.45) is 0. The van der Waals surface area contributed by atoms with Gasteiger partial charge in [0.2, 0.25) is 0 Å². The Labute approximate surface area is 104 Å². The molecule has 0 unspecified atom stereocenters. The summed E-state index contributed by atoms with van der Waals surface area (Å²) in [6.45, 7) is 2.28. The molecule has 0 saturated carbocycles. The standard InChI is InChI=1S/C13H15N3O2/c1-9-3-5-10(6-4-9)13(18)14-8-11-7-12(17)16(2)15-11/h3-7,15H,8H2,1-2H3,(H,14,18). The van der Waals surface area contributed by atoms with E-state index < -0.39 is 0 Å². The number of H-pyrrole nitrogens is 1. The second-order valence-corrected chi connectivity index (χ2v) is 4.23. The fourth-order valence-corrected chi connectivity index (χ4v) is 1.62. The van der Waals surface area contributed by atoms with Crippen LogP contribution >= 0.6 is 0 Å². The second-order valence-electron chi connectivity index (χ2n) is 4.23. The largest absolute Gasteiger partial charge is 0.346 e. The smallest absolute Gasteiger partial charge is 0.266 e. The number of aromatic amines is 1. The van der Waals surface area contributed by atoms with Crippen molar-refractivity contribution in [1.29, 1.82) is 0 Å². The van der Waals surface area contributed by atoms with E-state index in [0.717, 1.165) is 5.56 Å². The summed E-state index contributed by atoms with van der Waals surface area (Å²) in [4.78, 5) is 23.0. The lowest BCUT2D eigenvalue weighted by Crippen LogP contribution is -2.23. The van der Waals surface area contributed by atoms with Crippen LogP contribution in [0.2, 0.25) is 0 Å². The Morgan fingerprint density at radius 3 is 2.56 bits per heavy atom. The van der Waals surface area contributed by atoms with Crippen molar-refractivity contribution in [2.75, 3.05) is 0 Å². The number of hydrogen-bond acceptors (Lipinski definition) is 2. The monoisotopic (exact) mass is 245 g/mol. The number of rotatable bonds is 3. The number of aryl methyl sites for hydroxylation is 2. The third-order valence-corrected chi connectivity index (χ3v) is 2.69. The highest BCUT2D eigenvalue weighted by Crippen LogP contribution is 2.03. The first-order valence-corrected chi connectivity index (χ1v) is 5.66. The first-order valence-electron chi connectivity index (χ1n) is 5.66. The van der Waals surface area contributed by atoms with Crippen molar-refractivity contribution in [3.8, 4) is 0 Å². The molecule has 1 heterocycles. The Balaban J connectivity index is 2.00. The van der Waals surface area contributed by atoms with Crippen molar-refractivity contribution >= 4 is 5.91 Å². The van der Waals surface area contributed by atoms with Gasteiger partial charge in [0.15, 0.2) is 0 Å². The second kappa shape index (κ2) is 4.91. The van der Waals surface area contributed by atoms with Gasteiger partial charge in [-0.25, -0.2) is 0 Å². The molecule has 5 nitrogen and oxygen atoms in total. The van der Waals surface area contributed by atoms with Crippen LogP contribution in [-0.4, -0.2) is 15.7 Å². The molecule has 0 aliphatic rings. The van der Waals surface area contributed by atoms with Crippen molar-refractivity contribution in [1.82, 2.24) is 15.1 Å². The molecule has 0 spiro atoms. The highest BCUT2D eigenvalue weighted by molar-refractivity contribution is 5.94. The molecule has 94 valence electrons. The van der Waals surface area contributed by atoms with Gasteiger partial charge in [-0.15, -0.1) is 0 Å².